The first-order valence-corrected chi connectivity index (χ1v) is 18.3. The molecule has 0 aliphatic heterocycles. The monoisotopic (exact) mass is 786 g/mol. The third kappa shape index (κ3) is 10.4. The van der Waals surface area contributed by atoms with Crippen molar-refractivity contribution in [2.75, 3.05) is 10.6 Å². The molecular formula is C42H42N8O8. The Balaban J connectivity index is 0.000000221. The van der Waals surface area contributed by atoms with Crippen LogP contribution in [-0.4, -0.2) is 64.9 Å². The van der Waals surface area contributed by atoms with Gasteiger partial charge in [0.25, 0.3) is 11.8 Å². The Hall–Kier alpha value is -7.62. The number of nitrogens with one attached hydrogen (secondary N) is 2. The number of aryl methyl sites for hydroxylation is 3. The number of carboxylic acid groups (broad SMARTS) is 2. The van der Waals surface area contributed by atoms with Crippen molar-refractivity contribution in [1.82, 2.24) is 19.1 Å². The summed E-state index contributed by atoms with van der Waals surface area (Å²) in [7, 11) is 0. The van der Waals surface area contributed by atoms with E-state index in [2.05, 4.69) is 20.6 Å². The number of hydrogen-bond donors (Lipinski definition) is 6. The topological polar surface area (TPSA) is 255 Å². The maximum Gasteiger partial charge on any atom is 0.328 e. The number of nitrogens with zero attached hydrogens (tertiary/aromatic N) is 4. The zero-order valence-corrected chi connectivity index (χ0v) is 31.8. The number of fused-ring (bicyclic) bond motifs is 2. The van der Waals surface area contributed by atoms with Crippen LogP contribution in [0.2, 0.25) is 0 Å². The molecule has 2 aromatic heterocycles. The summed E-state index contributed by atoms with van der Waals surface area (Å²) < 4.78 is 3.79. The summed E-state index contributed by atoms with van der Waals surface area (Å²) in [6.45, 7) is 5.33. The number of anilines is 2. The third-order valence-electron chi connectivity index (χ3n) is 8.79. The van der Waals surface area contributed by atoms with E-state index in [9.17, 15) is 28.8 Å². The number of nitrogens with two attached hydrogens (primary N) is 2. The molecule has 0 spiro atoms. The molecule has 0 aliphatic rings. The van der Waals surface area contributed by atoms with Gasteiger partial charge in [-0.1, -0.05) is 38.1 Å². The number of amides is 4. The van der Waals surface area contributed by atoms with Gasteiger partial charge in [-0.3, -0.25) is 34.6 Å². The number of primary amides is 2. The predicted molar refractivity (Wildman–Crippen MR) is 219 cm³/mol. The van der Waals surface area contributed by atoms with Crippen LogP contribution in [0.25, 0.3) is 28.1 Å². The lowest BCUT2D eigenvalue weighted by Gasteiger charge is -2.09. The third-order valence-corrected chi connectivity index (χ3v) is 8.79. The molecule has 2 heterocycles. The Morgan fingerprint density at radius 2 is 1.14 bits per heavy atom. The summed E-state index contributed by atoms with van der Waals surface area (Å²) in [6, 6.07) is 23.3. The number of carboxylic acids is 2. The van der Waals surface area contributed by atoms with Crippen molar-refractivity contribution in [3.63, 3.8) is 0 Å². The van der Waals surface area contributed by atoms with E-state index < -0.39 is 35.6 Å². The van der Waals surface area contributed by atoms with Gasteiger partial charge in [-0.05, 0) is 97.1 Å². The Labute approximate surface area is 332 Å². The molecule has 6 rings (SSSR count). The first-order valence-electron chi connectivity index (χ1n) is 18.3. The average molecular weight is 787 g/mol. The lowest BCUT2D eigenvalue weighted by molar-refractivity contribution is -0.137. The minimum Gasteiger partial charge on any atom is -0.481 e. The Kier molecular flexibility index (Phi) is 13.5. The summed E-state index contributed by atoms with van der Waals surface area (Å²) >= 11 is 0. The molecule has 4 amide bonds. The van der Waals surface area contributed by atoms with E-state index in [4.69, 9.17) is 21.7 Å². The second kappa shape index (κ2) is 18.8. The molecule has 8 N–H and O–H groups in total. The van der Waals surface area contributed by atoms with Gasteiger partial charge in [-0.15, -0.1) is 0 Å². The highest BCUT2D eigenvalue weighted by molar-refractivity contribution is 6.07. The average Bonchev–Trinajstić information content (AvgIpc) is 3.72. The molecule has 16 heteroatoms. The molecule has 0 unspecified atom stereocenters. The fraction of sp³-hybridized carbons (Fsp3) is 0.190. The van der Waals surface area contributed by atoms with Crippen LogP contribution in [0.5, 0.6) is 0 Å². The van der Waals surface area contributed by atoms with Crippen LogP contribution >= 0.6 is 0 Å². The van der Waals surface area contributed by atoms with Crippen molar-refractivity contribution >= 4 is 75.6 Å². The van der Waals surface area contributed by atoms with E-state index >= 15 is 0 Å². The molecule has 4 aromatic carbocycles. The van der Waals surface area contributed by atoms with Crippen molar-refractivity contribution < 1.29 is 39.0 Å². The van der Waals surface area contributed by atoms with Gasteiger partial charge in [-0.2, -0.15) is 0 Å². The van der Waals surface area contributed by atoms with Crippen LogP contribution in [0, 0.1) is 0 Å². The van der Waals surface area contributed by atoms with E-state index in [0.717, 1.165) is 35.5 Å². The number of carbonyl (C=O) groups is 6. The second-order valence-corrected chi connectivity index (χ2v) is 13.1. The van der Waals surface area contributed by atoms with Gasteiger partial charge < -0.3 is 30.8 Å². The van der Waals surface area contributed by atoms with Crippen molar-refractivity contribution in [2.24, 2.45) is 11.5 Å². The van der Waals surface area contributed by atoms with E-state index in [-0.39, 0.29) is 17.5 Å². The minimum absolute atomic E-state index is 0.0426. The summed E-state index contributed by atoms with van der Waals surface area (Å²) in [5.74, 6) is -3.15. The van der Waals surface area contributed by atoms with Crippen molar-refractivity contribution in [2.45, 2.75) is 52.6 Å². The first kappa shape index (κ1) is 41.5. The van der Waals surface area contributed by atoms with Crippen LogP contribution in [0.15, 0.2) is 91.0 Å². The summed E-state index contributed by atoms with van der Waals surface area (Å²) in [6.07, 6.45) is 4.65. The maximum atomic E-state index is 12.7. The number of rotatable bonds is 15. The molecule has 6 aromatic rings. The van der Waals surface area contributed by atoms with Gasteiger partial charge in [0.05, 0.1) is 22.1 Å². The molecule has 0 aliphatic carbocycles. The van der Waals surface area contributed by atoms with E-state index in [1.54, 1.807) is 42.5 Å². The Morgan fingerprint density at radius 3 is 1.60 bits per heavy atom. The fourth-order valence-corrected chi connectivity index (χ4v) is 6.07. The zero-order chi connectivity index (χ0) is 41.9. The number of benzene rings is 4. The molecule has 0 saturated carbocycles. The lowest BCUT2D eigenvalue weighted by atomic mass is 10.1. The molecule has 298 valence electrons. The number of aliphatic carboxylic acids is 2. The SMILES string of the molecule is CCCn1c(NC(=O)c2cccc(C(N)=O)c2)nc2cc(/C=C/C(=O)O)ccc21.CCCn1c(NC(=O)c2cccc(C(N)=O)c2)nc2cc(CCC(=O)O)ccc21. The first-order chi connectivity index (χ1) is 27.8. The molecule has 0 fully saturated rings. The van der Waals surface area contributed by atoms with Gasteiger partial charge in [0, 0.05) is 47.8 Å². The van der Waals surface area contributed by atoms with E-state index in [1.807, 2.05) is 47.2 Å². The summed E-state index contributed by atoms with van der Waals surface area (Å²) in [5.41, 5.74) is 16.2. The van der Waals surface area contributed by atoms with Crippen molar-refractivity contribution in [1.29, 1.82) is 0 Å². The molecule has 16 nitrogen and oxygen atoms in total. The molecule has 0 radical (unpaired) electrons. The number of aromatic nitrogens is 4. The highest BCUT2D eigenvalue weighted by Gasteiger charge is 2.17. The predicted octanol–water partition coefficient (Wildman–Crippen LogP) is 5.71. The summed E-state index contributed by atoms with van der Waals surface area (Å²) in [4.78, 5) is 78.6. The normalized spacial score (nSPS) is 10.9. The molecule has 0 atom stereocenters. The van der Waals surface area contributed by atoms with Crippen LogP contribution in [-0.2, 0) is 29.1 Å². The smallest absolute Gasteiger partial charge is 0.328 e. The van der Waals surface area contributed by atoms with Gasteiger partial charge in [0.1, 0.15) is 0 Å². The number of imidazole rings is 2. The van der Waals surface area contributed by atoms with E-state index in [0.29, 0.717) is 59.1 Å². The highest BCUT2D eigenvalue weighted by Crippen LogP contribution is 2.25. The molecule has 0 bridgehead atoms. The van der Waals surface area contributed by atoms with Gasteiger partial charge in [0.2, 0.25) is 23.7 Å². The molecule has 0 saturated heterocycles. The number of carbonyl (C=O) groups excluding carboxylic acids is 4. The summed E-state index contributed by atoms with van der Waals surface area (Å²) in [5, 5.41) is 23.2. The van der Waals surface area contributed by atoms with E-state index in [1.165, 1.54) is 24.3 Å². The standard InChI is InChI=1S/C21H22N4O4.C21H20N4O4/c2*1-2-10-25-17-8-6-13(7-9-18(26)27)11-16(17)23-21(25)24-20(29)15-5-3-4-14(12-15)19(22)28/h3-6,8,11-12H,2,7,9-10H2,1H3,(H2,22,28)(H,26,27)(H,23,24,29);3-9,11-12H,2,10H2,1H3,(H2,22,28)(H,26,27)(H,23,24,29)/b;9-7+. The van der Waals surface area contributed by atoms with Crippen LogP contribution in [0.4, 0.5) is 11.9 Å². The zero-order valence-electron chi connectivity index (χ0n) is 31.8. The van der Waals surface area contributed by atoms with Gasteiger partial charge in [-0.25, -0.2) is 14.8 Å². The lowest BCUT2D eigenvalue weighted by Crippen LogP contribution is -2.17. The minimum atomic E-state index is -1.03. The van der Waals surface area contributed by atoms with Gasteiger partial charge >= 0.3 is 11.9 Å². The van der Waals surface area contributed by atoms with Crippen LogP contribution in [0.3, 0.4) is 0 Å². The highest BCUT2D eigenvalue weighted by atomic mass is 16.4. The molecular weight excluding hydrogens is 745 g/mol. The Bertz CT molecular complexity index is 2570. The number of hydrogen-bond acceptors (Lipinski definition) is 8. The fourth-order valence-electron chi connectivity index (χ4n) is 6.07. The molecule has 58 heavy (non-hydrogen) atoms. The van der Waals surface area contributed by atoms with Crippen molar-refractivity contribution in [3.8, 4) is 0 Å². The maximum absolute atomic E-state index is 12.7. The van der Waals surface area contributed by atoms with Crippen molar-refractivity contribution in [3.05, 3.63) is 124 Å². The van der Waals surface area contributed by atoms with Crippen LogP contribution < -0.4 is 22.1 Å². The Morgan fingerprint density at radius 1 is 0.655 bits per heavy atom. The largest absolute Gasteiger partial charge is 0.481 e. The quantitative estimate of drug-likeness (QED) is 0.0691. The second-order valence-electron chi connectivity index (χ2n) is 13.1. The van der Waals surface area contributed by atoms with Crippen LogP contribution in [0.1, 0.15) is 85.7 Å². The van der Waals surface area contributed by atoms with Gasteiger partial charge in [0.15, 0.2) is 0 Å².